The molecule has 5 nitrogen and oxygen atoms in total. The Labute approximate surface area is 126 Å². The van der Waals surface area contributed by atoms with Crippen molar-refractivity contribution < 1.29 is 5.11 Å². The molecule has 20 heavy (non-hydrogen) atoms. The Morgan fingerprint density at radius 3 is 2.35 bits per heavy atom. The Morgan fingerprint density at radius 1 is 1.30 bits per heavy atom. The maximum absolute atomic E-state index is 9.25. The monoisotopic (exact) mass is 296 g/mol. The Kier molecular flexibility index (Phi) is 6.29. The number of hydrogen-bond donors (Lipinski definition) is 2. The van der Waals surface area contributed by atoms with E-state index in [0.717, 1.165) is 29.7 Å². The van der Waals surface area contributed by atoms with Crippen LogP contribution in [0.5, 0.6) is 0 Å². The second kappa shape index (κ2) is 7.50. The van der Waals surface area contributed by atoms with Gasteiger partial charge in [-0.2, -0.15) is 5.10 Å². The van der Waals surface area contributed by atoms with E-state index in [4.69, 9.17) is 18.0 Å². The summed E-state index contributed by atoms with van der Waals surface area (Å²) in [4.78, 5) is 2.32. The summed E-state index contributed by atoms with van der Waals surface area (Å²) in [5.41, 5.74) is 8.73. The summed E-state index contributed by atoms with van der Waals surface area (Å²) in [6.45, 7) is 8.72. The highest BCUT2D eigenvalue weighted by Gasteiger charge is 2.22. The standard InChI is InChI=1S/C14H24N4OS/c1-5-10-11(6-2)16-17-14(12(10)13(15)20)18(7-8-19)9(3)4/h9,19H,5-8H2,1-4H3,(H2,15,20). The zero-order valence-corrected chi connectivity index (χ0v) is 13.5. The molecule has 0 aliphatic heterocycles. The molecule has 0 fully saturated rings. The van der Waals surface area contributed by atoms with Crippen LogP contribution < -0.4 is 10.6 Å². The van der Waals surface area contributed by atoms with Crippen LogP contribution in [-0.2, 0) is 12.8 Å². The van der Waals surface area contributed by atoms with Crippen molar-refractivity contribution in [2.45, 2.75) is 46.6 Å². The van der Waals surface area contributed by atoms with Gasteiger partial charge in [-0.3, -0.25) is 0 Å². The van der Waals surface area contributed by atoms with E-state index in [-0.39, 0.29) is 12.6 Å². The maximum atomic E-state index is 9.25. The molecule has 0 aliphatic carbocycles. The lowest BCUT2D eigenvalue weighted by atomic mass is 10.0. The number of thiocarbonyl (C=S) groups is 1. The molecule has 0 atom stereocenters. The second-order valence-electron chi connectivity index (χ2n) is 4.91. The Bertz CT molecular complexity index is 476. The molecule has 1 rings (SSSR count). The first-order valence-corrected chi connectivity index (χ1v) is 7.44. The molecule has 3 N–H and O–H groups in total. The second-order valence-corrected chi connectivity index (χ2v) is 5.35. The zero-order chi connectivity index (χ0) is 15.3. The molecular formula is C14H24N4OS. The molecule has 1 heterocycles. The van der Waals surface area contributed by atoms with Crippen molar-refractivity contribution in [1.82, 2.24) is 10.2 Å². The fraction of sp³-hybridized carbons (Fsp3) is 0.643. The highest BCUT2D eigenvalue weighted by Crippen LogP contribution is 2.25. The van der Waals surface area contributed by atoms with Crippen LogP contribution in [0.15, 0.2) is 0 Å². The SMILES string of the molecule is CCc1nnc(N(CCO)C(C)C)c(C(N)=S)c1CC. The van der Waals surface area contributed by atoms with E-state index in [0.29, 0.717) is 17.4 Å². The molecule has 112 valence electrons. The van der Waals surface area contributed by atoms with Crippen LogP contribution in [0, 0.1) is 0 Å². The molecule has 0 bridgehead atoms. The van der Waals surface area contributed by atoms with E-state index in [1.807, 2.05) is 25.7 Å². The van der Waals surface area contributed by atoms with Crippen molar-refractivity contribution in [1.29, 1.82) is 0 Å². The van der Waals surface area contributed by atoms with Gasteiger partial charge in [-0.25, -0.2) is 0 Å². The third-order valence-corrected chi connectivity index (χ3v) is 3.51. The average molecular weight is 296 g/mol. The topological polar surface area (TPSA) is 75.3 Å². The van der Waals surface area contributed by atoms with Crippen molar-refractivity contribution >= 4 is 23.0 Å². The van der Waals surface area contributed by atoms with Crippen molar-refractivity contribution in [2.75, 3.05) is 18.1 Å². The molecule has 0 amide bonds. The molecule has 6 heteroatoms. The summed E-state index contributed by atoms with van der Waals surface area (Å²) < 4.78 is 0. The highest BCUT2D eigenvalue weighted by molar-refractivity contribution is 7.80. The van der Waals surface area contributed by atoms with Gasteiger partial charge in [-0.05, 0) is 32.3 Å². The third kappa shape index (κ3) is 3.43. The lowest BCUT2D eigenvalue weighted by molar-refractivity contribution is 0.298. The summed E-state index contributed by atoms with van der Waals surface area (Å²) in [6, 6.07) is 0.182. The van der Waals surface area contributed by atoms with E-state index in [2.05, 4.69) is 17.1 Å². The van der Waals surface area contributed by atoms with Crippen molar-refractivity contribution in [3.05, 3.63) is 16.8 Å². The van der Waals surface area contributed by atoms with Crippen molar-refractivity contribution in [3.63, 3.8) is 0 Å². The van der Waals surface area contributed by atoms with Gasteiger partial charge in [0.25, 0.3) is 0 Å². The number of aliphatic hydroxyl groups excluding tert-OH is 1. The van der Waals surface area contributed by atoms with Gasteiger partial charge in [0.05, 0.1) is 17.9 Å². The van der Waals surface area contributed by atoms with Crippen LogP contribution in [0.3, 0.4) is 0 Å². The summed E-state index contributed by atoms with van der Waals surface area (Å²) in [7, 11) is 0. The number of rotatable bonds is 7. The number of aliphatic hydroxyl groups is 1. The van der Waals surface area contributed by atoms with Gasteiger partial charge in [-0.1, -0.05) is 26.1 Å². The number of nitrogens with zero attached hydrogens (tertiary/aromatic N) is 3. The van der Waals surface area contributed by atoms with Gasteiger partial charge in [0.1, 0.15) is 4.99 Å². The minimum absolute atomic E-state index is 0.0492. The highest BCUT2D eigenvalue weighted by atomic mass is 32.1. The molecule has 0 spiro atoms. The Balaban J connectivity index is 3.49. The summed E-state index contributed by atoms with van der Waals surface area (Å²) in [6.07, 6.45) is 1.61. The molecule has 0 aromatic carbocycles. The molecule has 0 aliphatic rings. The third-order valence-electron chi connectivity index (χ3n) is 3.31. The van der Waals surface area contributed by atoms with Gasteiger partial charge in [0.2, 0.25) is 0 Å². The predicted octanol–water partition coefficient (Wildman–Crippen LogP) is 1.44. The quantitative estimate of drug-likeness (QED) is 0.742. The first-order valence-electron chi connectivity index (χ1n) is 7.03. The van der Waals surface area contributed by atoms with Crippen molar-refractivity contribution in [2.24, 2.45) is 5.73 Å². The molecule has 1 aromatic rings. The van der Waals surface area contributed by atoms with Crippen LogP contribution in [0.4, 0.5) is 5.82 Å². The molecule has 1 aromatic heterocycles. The van der Waals surface area contributed by atoms with E-state index in [1.54, 1.807) is 0 Å². The summed E-state index contributed by atoms with van der Waals surface area (Å²) in [5, 5.41) is 17.9. The number of hydrogen-bond acceptors (Lipinski definition) is 5. The first kappa shape index (κ1) is 16.8. The van der Waals surface area contributed by atoms with E-state index < -0.39 is 0 Å². The minimum atomic E-state index is 0.0492. The fourth-order valence-corrected chi connectivity index (χ4v) is 2.55. The smallest absolute Gasteiger partial charge is 0.162 e. The van der Waals surface area contributed by atoms with Crippen LogP contribution >= 0.6 is 12.2 Å². The first-order chi connectivity index (χ1) is 9.47. The predicted molar refractivity (Wildman–Crippen MR) is 86.2 cm³/mol. The minimum Gasteiger partial charge on any atom is -0.395 e. The van der Waals surface area contributed by atoms with E-state index in [9.17, 15) is 5.11 Å². The van der Waals surface area contributed by atoms with E-state index >= 15 is 0 Å². The average Bonchev–Trinajstić information content (AvgIpc) is 2.42. The Morgan fingerprint density at radius 2 is 1.95 bits per heavy atom. The number of nitrogens with two attached hydrogens (primary N) is 1. The lowest BCUT2D eigenvalue weighted by Gasteiger charge is -2.29. The number of aryl methyl sites for hydroxylation is 1. The largest absolute Gasteiger partial charge is 0.395 e. The number of anilines is 1. The van der Waals surface area contributed by atoms with Gasteiger partial charge in [0.15, 0.2) is 5.82 Å². The van der Waals surface area contributed by atoms with Gasteiger partial charge >= 0.3 is 0 Å². The van der Waals surface area contributed by atoms with Gasteiger partial charge in [-0.15, -0.1) is 5.10 Å². The van der Waals surface area contributed by atoms with Crippen molar-refractivity contribution in [3.8, 4) is 0 Å². The van der Waals surface area contributed by atoms with Crippen LogP contribution in [0.1, 0.15) is 44.5 Å². The summed E-state index contributed by atoms with van der Waals surface area (Å²) in [5.74, 6) is 0.676. The van der Waals surface area contributed by atoms with Gasteiger partial charge < -0.3 is 15.7 Å². The van der Waals surface area contributed by atoms with Crippen LogP contribution in [0.25, 0.3) is 0 Å². The maximum Gasteiger partial charge on any atom is 0.162 e. The van der Waals surface area contributed by atoms with Gasteiger partial charge in [0, 0.05) is 12.6 Å². The molecular weight excluding hydrogens is 272 g/mol. The van der Waals surface area contributed by atoms with Crippen LogP contribution in [-0.4, -0.2) is 39.5 Å². The molecule has 0 radical (unpaired) electrons. The normalized spacial score (nSPS) is 10.9. The molecule has 0 saturated heterocycles. The Hall–Kier alpha value is -1.27. The lowest BCUT2D eigenvalue weighted by Crippen LogP contribution is -2.36. The molecule has 0 saturated carbocycles. The summed E-state index contributed by atoms with van der Waals surface area (Å²) >= 11 is 5.22. The zero-order valence-electron chi connectivity index (χ0n) is 12.7. The van der Waals surface area contributed by atoms with E-state index in [1.165, 1.54) is 0 Å². The van der Waals surface area contributed by atoms with Crippen LogP contribution in [0.2, 0.25) is 0 Å². The number of aromatic nitrogens is 2. The molecule has 0 unspecified atom stereocenters. The fourth-order valence-electron chi connectivity index (χ4n) is 2.34.